The summed E-state index contributed by atoms with van der Waals surface area (Å²) in [7, 11) is 0. The Hall–Kier alpha value is -2.68. The van der Waals surface area contributed by atoms with Gasteiger partial charge in [0, 0.05) is 17.9 Å². The maximum Gasteiger partial charge on any atom is 0.306 e. The van der Waals surface area contributed by atoms with Gasteiger partial charge in [-0.1, -0.05) is 66.3 Å². The number of aryl methyl sites for hydroxylation is 2. The van der Waals surface area contributed by atoms with Gasteiger partial charge in [-0.2, -0.15) is 0 Å². The van der Waals surface area contributed by atoms with Crippen LogP contribution in [0.4, 0.5) is 0 Å². The number of unbranched alkanes of at least 4 members (excludes halogenated alkanes) is 1. The number of carbonyl (C=O) groups is 2. The van der Waals surface area contributed by atoms with Crippen molar-refractivity contribution in [1.82, 2.24) is 0 Å². The van der Waals surface area contributed by atoms with Crippen molar-refractivity contribution in [2.45, 2.75) is 64.4 Å². The number of carbonyl (C=O) groups excluding carboxylic acids is 2. The van der Waals surface area contributed by atoms with Crippen LogP contribution in [0.25, 0.3) is 0 Å². The SMILES string of the molecule is Cc1cccc(CC/C=C/C=C2/C(=O)C=C[C@@H]2C/C=C\CCCC(=O)OC2CC2)c1. The predicted octanol–water partition coefficient (Wildman–Crippen LogP) is 5.99. The number of rotatable bonds is 11. The van der Waals surface area contributed by atoms with Gasteiger partial charge in [-0.15, -0.1) is 0 Å². The minimum atomic E-state index is -0.0744. The molecule has 2 aliphatic carbocycles. The first-order valence-electron chi connectivity index (χ1n) is 11.1. The zero-order chi connectivity index (χ0) is 21.2. The molecule has 1 aromatic rings. The molecule has 0 bridgehead atoms. The van der Waals surface area contributed by atoms with Crippen LogP contribution in [-0.4, -0.2) is 17.9 Å². The van der Waals surface area contributed by atoms with Crippen LogP contribution in [0.3, 0.4) is 0 Å². The van der Waals surface area contributed by atoms with Crippen LogP contribution >= 0.6 is 0 Å². The topological polar surface area (TPSA) is 43.4 Å². The van der Waals surface area contributed by atoms with Crippen molar-refractivity contribution < 1.29 is 14.3 Å². The van der Waals surface area contributed by atoms with E-state index in [-0.39, 0.29) is 23.8 Å². The Bertz CT molecular complexity index is 853. The average molecular weight is 405 g/mol. The lowest BCUT2D eigenvalue weighted by Crippen LogP contribution is -2.05. The zero-order valence-electron chi connectivity index (χ0n) is 17.9. The lowest BCUT2D eigenvalue weighted by molar-refractivity contribution is -0.144. The monoisotopic (exact) mass is 404 g/mol. The zero-order valence-corrected chi connectivity index (χ0v) is 17.9. The Labute approximate surface area is 180 Å². The van der Waals surface area contributed by atoms with Gasteiger partial charge in [-0.05, 0) is 63.5 Å². The Balaban J connectivity index is 1.37. The fourth-order valence-corrected chi connectivity index (χ4v) is 3.54. The summed E-state index contributed by atoms with van der Waals surface area (Å²) in [5, 5.41) is 0. The first-order valence-corrected chi connectivity index (χ1v) is 11.1. The summed E-state index contributed by atoms with van der Waals surface area (Å²) >= 11 is 0. The molecule has 3 nitrogen and oxygen atoms in total. The standard InChI is InChI=1S/C27H32O3/c1-21-10-9-12-22(20-21)11-5-4-7-14-25-23(16-19-26(25)28)13-6-2-3-8-15-27(29)30-24-17-18-24/h2,4,6-7,9-10,12,14,16,19-20,23-24H,3,5,8,11,13,15,17-18H2,1H3/b6-2-,7-4+,25-14+/t23-/m0/s1. The molecular weight excluding hydrogens is 372 g/mol. The number of ether oxygens (including phenoxy) is 1. The molecule has 3 rings (SSSR count). The number of benzene rings is 1. The molecule has 0 aliphatic heterocycles. The summed E-state index contributed by atoms with van der Waals surface area (Å²) < 4.78 is 5.24. The predicted molar refractivity (Wildman–Crippen MR) is 121 cm³/mol. The summed E-state index contributed by atoms with van der Waals surface area (Å²) in [4.78, 5) is 23.7. The van der Waals surface area contributed by atoms with E-state index in [0.717, 1.165) is 50.5 Å². The van der Waals surface area contributed by atoms with E-state index in [9.17, 15) is 9.59 Å². The van der Waals surface area contributed by atoms with Crippen molar-refractivity contribution in [2.24, 2.45) is 5.92 Å². The molecule has 1 fully saturated rings. The first kappa shape index (κ1) is 22.0. The molecule has 0 radical (unpaired) electrons. The molecule has 3 heteroatoms. The summed E-state index contributed by atoms with van der Waals surface area (Å²) in [6.45, 7) is 2.11. The number of hydrogen-bond acceptors (Lipinski definition) is 3. The molecule has 1 saturated carbocycles. The van der Waals surface area contributed by atoms with E-state index in [0.29, 0.717) is 6.42 Å². The van der Waals surface area contributed by atoms with Crippen LogP contribution in [0.1, 0.15) is 56.1 Å². The van der Waals surface area contributed by atoms with Crippen molar-refractivity contribution >= 4 is 11.8 Å². The molecule has 1 aromatic carbocycles. The highest BCUT2D eigenvalue weighted by Crippen LogP contribution is 2.26. The van der Waals surface area contributed by atoms with Crippen LogP contribution in [0.15, 0.2) is 72.4 Å². The summed E-state index contributed by atoms with van der Waals surface area (Å²) in [5.41, 5.74) is 3.49. The highest BCUT2D eigenvalue weighted by molar-refractivity contribution is 6.07. The molecule has 158 valence electrons. The molecule has 0 heterocycles. The quantitative estimate of drug-likeness (QED) is 0.197. The number of hydrogen-bond donors (Lipinski definition) is 0. The van der Waals surface area contributed by atoms with Crippen molar-refractivity contribution in [3.05, 3.63) is 83.5 Å². The highest BCUT2D eigenvalue weighted by Gasteiger charge is 2.25. The Morgan fingerprint density at radius 3 is 2.83 bits per heavy atom. The molecule has 0 N–H and O–H groups in total. The van der Waals surface area contributed by atoms with E-state index in [2.05, 4.69) is 49.4 Å². The van der Waals surface area contributed by atoms with E-state index >= 15 is 0 Å². The molecule has 0 aromatic heterocycles. The number of esters is 1. The maximum atomic E-state index is 12.1. The Morgan fingerprint density at radius 2 is 2.03 bits per heavy atom. The third-order valence-corrected chi connectivity index (χ3v) is 5.39. The van der Waals surface area contributed by atoms with Crippen LogP contribution < -0.4 is 0 Å². The van der Waals surface area contributed by atoms with Crippen LogP contribution in [-0.2, 0) is 20.7 Å². The third kappa shape index (κ3) is 7.62. The molecule has 0 amide bonds. The second-order valence-corrected chi connectivity index (χ2v) is 8.20. The molecule has 2 aliphatic rings. The molecule has 30 heavy (non-hydrogen) atoms. The second kappa shape index (κ2) is 11.5. The Morgan fingerprint density at radius 1 is 1.17 bits per heavy atom. The third-order valence-electron chi connectivity index (χ3n) is 5.39. The maximum absolute atomic E-state index is 12.1. The largest absolute Gasteiger partial charge is 0.462 e. The molecule has 1 atom stereocenters. The van der Waals surface area contributed by atoms with E-state index in [1.54, 1.807) is 6.08 Å². The summed E-state index contributed by atoms with van der Waals surface area (Å²) in [5.74, 6) is 0.184. The summed E-state index contributed by atoms with van der Waals surface area (Å²) in [6.07, 6.45) is 21.2. The molecule has 0 spiro atoms. The minimum absolute atomic E-state index is 0.0744. The Kier molecular flexibility index (Phi) is 8.43. The van der Waals surface area contributed by atoms with Gasteiger partial charge in [-0.25, -0.2) is 0 Å². The van der Waals surface area contributed by atoms with Gasteiger partial charge in [0.05, 0.1) is 0 Å². The lowest BCUT2D eigenvalue weighted by Gasteiger charge is -2.06. The van der Waals surface area contributed by atoms with E-state index in [1.807, 2.05) is 18.2 Å². The molecular formula is C27H32O3. The van der Waals surface area contributed by atoms with Gasteiger partial charge < -0.3 is 4.74 Å². The van der Waals surface area contributed by atoms with Crippen LogP contribution in [0.2, 0.25) is 0 Å². The second-order valence-electron chi connectivity index (χ2n) is 8.20. The van der Waals surface area contributed by atoms with Crippen molar-refractivity contribution in [3.63, 3.8) is 0 Å². The number of ketones is 1. The van der Waals surface area contributed by atoms with E-state index in [1.165, 1.54) is 11.1 Å². The average Bonchev–Trinajstić information content (AvgIpc) is 3.47. The van der Waals surface area contributed by atoms with Crippen molar-refractivity contribution in [2.75, 3.05) is 0 Å². The smallest absolute Gasteiger partial charge is 0.306 e. The van der Waals surface area contributed by atoms with Gasteiger partial charge >= 0.3 is 5.97 Å². The van der Waals surface area contributed by atoms with Gasteiger partial charge in [0.1, 0.15) is 6.10 Å². The highest BCUT2D eigenvalue weighted by atomic mass is 16.5. The molecule has 0 unspecified atom stereocenters. The minimum Gasteiger partial charge on any atom is -0.462 e. The first-order chi connectivity index (χ1) is 14.6. The number of allylic oxidation sites excluding steroid dienone is 8. The van der Waals surface area contributed by atoms with Crippen LogP contribution in [0, 0.1) is 12.8 Å². The fraction of sp³-hybridized carbons (Fsp3) is 0.407. The van der Waals surface area contributed by atoms with Gasteiger partial charge in [0.15, 0.2) is 5.78 Å². The summed E-state index contributed by atoms with van der Waals surface area (Å²) in [6, 6.07) is 8.58. The van der Waals surface area contributed by atoms with Gasteiger partial charge in [-0.3, -0.25) is 9.59 Å². The fourth-order valence-electron chi connectivity index (χ4n) is 3.54. The molecule has 0 saturated heterocycles. The normalized spacial score (nSPS) is 20.1. The lowest BCUT2D eigenvalue weighted by atomic mass is 9.97. The van der Waals surface area contributed by atoms with E-state index < -0.39 is 0 Å². The van der Waals surface area contributed by atoms with E-state index in [4.69, 9.17) is 4.74 Å². The van der Waals surface area contributed by atoms with Gasteiger partial charge in [0.25, 0.3) is 0 Å². The van der Waals surface area contributed by atoms with Crippen molar-refractivity contribution in [1.29, 1.82) is 0 Å². The van der Waals surface area contributed by atoms with Crippen LogP contribution in [0.5, 0.6) is 0 Å². The van der Waals surface area contributed by atoms with Crippen molar-refractivity contribution in [3.8, 4) is 0 Å². The van der Waals surface area contributed by atoms with Gasteiger partial charge in [0.2, 0.25) is 0 Å².